The number of rotatable bonds is 4. The molecule has 2 rings (SSSR count). The summed E-state index contributed by atoms with van der Waals surface area (Å²) in [6.07, 6.45) is 3.95. The molecule has 0 saturated carbocycles. The number of aryl methyl sites for hydroxylation is 2. The van der Waals surface area contributed by atoms with Crippen molar-refractivity contribution < 1.29 is 8.42 Å². The number of sulfonamides is 1. The van der Waals surface area contributed by atoms with Gasteiger partial charge < -0.3 is 4.57 Å². The summed E-state index contributed by atoms with van der Waals surface area (Å²) in [6, 6.07) is 6.20. The van der Waals surface area contributed by atoms with Gasteiger partial charge in [0, 0.05) is 25.2 Å². The van der Waals surface area contributed by atoms with Crippen LogP contribution in [0.25, 0.3) is 10.9 Å². The van der Waals surface area contributed by atoms with Gasteiger partial charge in [0.05, 0.1) is 11.8 Å². The smallest absolute Gasteiger partial charge is 0.208 e. The van der Waals surface area contributed by atoms with Gasteiger partial charge in [-0.1, -0.05) is 18.2 Å². The van der Waals surface area contributed by atoms with E-state index in [9.17, 15) is 8.42 Å². The monoisotopic (exact) mass is 266 g/mol. The summed E-state index contributed by atoms with van der Waals surface area (Å²) in [5.74, 6) is 0. The molecule has 18 heavy (non-hydrogen) atoms. The lowest BCUT2D eigenvalue weighted by Gasteiger charge is -2.02. The van der Waals surface area contributed by atoms with E-state index in [0.29, 0.717) is 13.0 Å². The van der Waals surface area contributed by atoms with Crippen LogP contribution < -0.4 is 4.72 Å². The highest BCUT2D eigenvalue weighted by Gasteiger charge is 2.08. The SMILES string of the molecule is Cc1cccc2c(CCNS(C)(=O)=O)cn(C)c12. The maximum absolute atomic E-state index is 11.0. The molecular formula is C13H18N2O2S. The predicted octanol–water partition coefficient (Wildman–Crippen LogP) is 1.58. The first kappa shape index (κ1) is 13.1. The molecule has 0 aliphatic heterocycles. The van der Waals surface area contributed by atoms with Gasteiger partial charge >= 0.3 is 0 Å². The van der Waals surface area contributed by atoms with E-state index >= 15 is 0 Å². The van der Waals surface area contributed by atoms with Crippen LogP contribution in [-0.4, -0.2) is 25.8 Å². The molecule has 0 bridgehead atoms. The van der Waals surface area contributed by atoms with Gasteiger partial charge in [-0.05, 0) is 24.5 Å². The number of nitrogens with zero attached hydrogens (tertiary/aromatic N) is 1. The Hall–Kier alpha value is -1.33. The molecule has 0 saturated heterocycles. The predicted molar refractivity (Wildman–Crippen MR) is 74.2 cm³/mol. The summed E-state index contributed by atoms with van der Waals surface area (Å²) in [4.78, 5) is 0. The second-order valence-corrected chi connectivity index (χ2v) is 6.49. The molecule has 4 nitrogen and oxygen atoms in total. The molecule has 5 heteroatoms. The van der Waals surface area contributed by atoms with Crippen molar-refractivity contribution in [1.29, 1.82) is 0 Å². The Morgan fingerprint density at radius 1 is 1.33 bits per heavy atom. The van der Waals surface area contributed by atoms with E-state index < -0.39 is 10.0 Å². The molecule has 0 atom stereocenters. The van der Waals surface area contributed by atoms with Crippen molar-refractivity contribution in [2.24, 2.45) is 7.05 Å². The number of hydrogen-bond acceptors (Lipinski definition) is 2. The van der Waals surface area contributed by atoms with Gasteiger partial charge in [-0.25, -0.2) is 13.1 Å². The number of fused-ring (bicyclic) bond motifs is 1. The lowest BCUT2D eigenvalue weighted by molar-refractivity contribution is 0.588. The minimum atomic E-state index is -3.11. The molecule has 0 amide bonds. The first-order valence-electron chi connectivity index (χ1n) is 5.86. The van der Waals surface area contributed by atoms with E-state index in [1.165, 1.54) is 28.3 Å². The summed E-state index contributed by atoms with van der Waals surface area (Å²) in [7, 11) is -1.09. The van der Waals surface area contributed by atoms with Gasteiger partial charge in [-0.2, -0.15) is 0 Å². The number of hydrogen-bond donors (Lipinski definition) is 1. The lowest BCUT2D eigenvalue weighted by atomic mass is 10.1. The first-order valence-corrected chi connectivity index (χ1v) is 7.76. The number of benzene rings is 1. The van der Waals surface area contributed by atoms with Crippen molar-refractivity contribution in [3.63, 3.8) is 0 Å². The van der Waals surface area contributed by atoms with Crippen molar-refractivity contribution in [3.8, 4) is 0 Å². The maximum atomic E-state index is 11.0. The van der Waals surface area contributed by atoms with Gasteiger partial charge in [0.2, 0.25) is 10.0 Å². The van der Waals surface area contributed by atoms with Crippen LogP contribution in [0.2, 0.25) is 0 Å². The van der Waals surface area contributed by atoms with Gasteiger partial charge in [0.25, 0.3) is 0 Å². The van der Waals surface area contributed by atoms with Crippen molar-refractivity contribution in [2.75, 3.05) is 12.8 Å². The summed E-state index contributed by atoms with van der Waals surface area (Å²) in [6.45, 7) is 2.52. The third-order valence-corrected chi connectivity index (χ3v) is 3.77. The van der Waals surface area contributed by atoms with Crippen LogP contribution >= 0.6 is 0 Å². The zero-order chi connectivity index (χ0) is 13.3. The van der Waals surface area contributed by atoms with Crippen molar-refractivity contribution in [1.82, 2.24) is 9.29 Å². The second kappa shape index (κ2) is 4.74. The van der Waals surface area contributed by atoms with E-state index in [1.807, 2.05) is 13.1 Å². The van der Waals surface area contributed by atoms with Crippen molar-refractivity contribution in [2.45, 2.75) is 13.3 Å². The molecule has 0 aliphatic carbocycles. The maximum Gasteiger partial charge on any atom is 0.208 e. The number of nitrogens with one attached hydrogen (secondary N) is 1. The zero-order valence-electron chi connectivity index (χ0n) is 10.9. The summed E-state index contributed by atoms with van der Waals surface area (Å²) in [5, 5.41) is 1.20. The van der Waals surface area contributed by atoms with Gasteiger partial charge in [0.1, 0.15) is 0 Å². The normalized spacial score (nSPS) is 12.2. The van der Waals surface area contributed by atoms with Crippen LogP contribution in [0.15, 0.2) is 24.4 Å². The van der Waals surface area contributed by atoms with Crippen LogP contribution in [0.4, 0.5) is 0 Å². The molecule has 0 fully saturated rings. The number of aromatic nitrogens is 1. The Morgan fingerprint density at radius 2 is 2.06 bits per heavy atom. The lowest BCUT2D eigenvalue weighted by Crippen LogP contribution is -2.24. The molecule has 0 unspecified atom stereocenters. The van der Waals surface area contributed by atoms with E-state index in [4.69, 9.17) is 0 Å². The van der Waals surface area contributed by atoms with E-state index in [1.54, 1.807) is 0 Å². The first-order chi connectivity index (χ1) is 8.38. The molecule has 1 aromatic heterocycles. The van der Waals surface area contributed by atoms with Crippen LogP contribution in [0.1, 0.15) is 11.1 Å². The molecule has 1 heterocycles. The van der Waals surface area contributed by atoms with E-state index in [-0.39, 0.29) is 0 Å². The number of para-hydroxylation sites is 1. The van der Waals surface area contributed by atoms with Gasteiger partial charge in [-0.15, -0.1) is 0 Å². The summed E-state index contributed by atoms with van der Waals surface area (Å²) in [5.41, 5.74) is 3.62. The zero-order valence-corrected chi connectivity index (χ0v) is 11.7. The standard InChI is InChI=1S/C13H18N2O2S/c1-10-5-4-6-12-11(9-15(2)13(10)12)7-8-14-18(3,16)17/h4-6,9,14H,7-8H2,1-3H3. The third-order valence-electron chi connectivity index (χ3n) is 3.04. The fraction of sp³-hybridized carbons (Fsp3) is 0.385. The average Bonchev–Trinajstić information content (AvgIpc) is 2.55. The van der Waals surface area contributed by atoms with Crippen molar-refractivity contribution in [3.05, 3.63) is 35.5 Å². The van der Waals surface area contributed by atoms with Crippen molar-refractivity contribution >= 4 is 20.9 Å². The quantitative estimate of drug-likeness (QED) is 0.913. The molecule has 1 aromatic carbocycles. The van der Waals surface area contributed by atoms with Gasteiger partial charge in [0.15, 0.2) is 0 Å². The average molecular weight is 266 g/mol. The molecule has 0 aliphatic rings. The minimum absolute atomic E-state index is 0.436. The van der Waals surface area contributed by atoms with Crippen LogP contribution in [0.3, 0.4) is 0 Å². The van der Waals surface area contributed by atoms with E-state index in [0.717, 1.165) is 0 Å². The summed E-state index contributed by atoms with van der Waals surface area (Å²) < 4.78 is 26.7. The molecular weight excluding hydrogens is 248 g/mol. The van der Waals surface area contributed by atoms with Crippen LogP contribution in [0.5, 0.6) is 0 Å². The largest absolute Gasteiger partial charge is 0.350 e. The third kappa shape index (κ3) is 2.73. The van der Waals surface area contributed by atoms with E-state index in [2.05, 4.69) is 34.5 Å². The fourth-order valence-corrected chi connectivity index (χ4v) is 2.80. The molecule has 98 valence electrons. The fourth-order valence-electron chi connectivity index (χ4n) is 2.32. The van der Waals surface area contributed by atoms with Crippen LogP contribution in [-0.2, 0) is 23.5 Å². The minimum Gasteiger partial charge on any atom is -0.350 e. The molecule has 1 N–H and O–H groups in total. The Kier molecular flexibility index (Phi) is 3.45. The Morgan fingerprint density at radius 3 is 2.72 bits per heavy atom. The Bertz CT molecular complexity index is 672. The highest BCUT2D eigenvalue weighted by atomic mass is 32.2. The molecule has 0 spiro atoms. The summed E-state index contributed by atoms with van der Waals surface area (Å²) >= 11 is 0. The highest BCUT2D eigenvalue weighted by Crippen LogP contribution is 2.23. The van der Waals surface area contributed by atoms with Crippen LogP contribution in [0, 0.1) is 6.92 Å². The molecule has 0 radical (unpaired) electrons. The molecule has 2 aromatic rings. The Labute approximate surface area is 108 Å². The Balaban J connectivity index is 2.27. The second-order valence-electron chi connectivity index (χ2n) is 4.65. The topological polar surface area (TPSA) is 51.1 Å². The van der Waals surface area contributed by atoms with Gasteiger partial charge in [-0.3, -0.25) is 0 Å². The highest BCUT2D eigenvalue weighted by molar-refractivity contribution is 7.88.